The van der Waals surface area contributed by atoms with Crippen LogP contribution in [0.3, 0.4) is 0 Å². The number of carbonyl (C=O) groups excluding carboxylic acids is 1. The number of anilines is 1. The molecule has 2 aromatic rings. The lowest BCUT2D eigenvalue weighted by molar-refractivity contribution is -0.116. The molecule has 1 saturated carbocycles. The molecule has 4 rings (SSSR count). The van der Waals surface area contributed by atoms with E-state index in [0.717, 1.165) is 29.8 Å². The Morgan fingerprint density at radius 2 is 1.95 bits per heavy atom. The van der Waals surface area contributed by atoms with Gasteiger partial charge in [-0.1, -0.05) is 42.6 Å². The molecule has 4 nitrogen and oxygen atoms in total. The summed E-state index contributed by atoms with van der Waals surface area (Å²) in [6.07, 6.45) is 7.08. The second-order valence-corrected chi connectivity index (χ2v) is 6.56. The molecule has 2 heterocycles. The maximum absolute atomic E-state index is 12.2. The molecule has 114 valence electrons. The average Bonchev–Trinajstić information content (AvgIpc) is 3.15. The van der Waals surface area contributed by atoms with E-state index < -0.39 is 0 Å². The van der Waals surface area contributed by atoms with Gasteiger partial charge in [-0.3, -0.25) is 4.79 Å². The van der Waals surface area contributed by atoms with Crippen molar-refractivity contribution in [1.29, 1.82) is 0 Å². The van der Waals surface area contributed by atoms with Crippen LogP contribution < -0.4 is 5.32 Å². The fourth-order valence-electron chi connectivity index (χ4n) is 3.70. The third kappa shape index (κ3) is 2.22. The van der Waals surface area contributed by atoms with Gasteiger partial charge in [0.25, 0.3) is 0 Å². The van der Waals surface area contributed by atoms with Gasteiger partial charge in [0.15, 0.2) is 0 Å². The Bertz CT molecular complexity index is 718. The molecule has 0 radical (unpaired) electrons. The first-order chi connectivity index (χ1) is 10.7. The molecule has 1 aromatic carbocycles. The van der Waals surface area contributed by atoms with Crippen LogP contribution in [0.1, 0.15) is 55.2 Å². The van der Waals surface area contributed by atoms with Crippen molar-refractivity contribution in [3.05, 3.63) is 46.6 Å². The summed E-state index contributed by atoms with van der Waals surface area (Å²) in [5.41, 5.74) is 2.09. The number of hydrogen-bond donors (Lipinski definition) is 1. The zero-order chi connectivity index (χ0) is 15.1. The van der Waals surface area contributed by atoms with Crippen molar-refractivity contribution < 1.29 is 4.79 Å². The maximum atomic E-state index is 12.2. The lowest BCUT2D eigenvalue weighted by Gasteiger charge is -2.25. The molecule has 1 aromatic heterocycles. The average molecular weight is 316 g/mol. The molecule has 0 unspecified atom stereocenters. The standard InChI is InChI=1S/C17H18ClN3O/c18-15-8-4-3-7-12(15)13-9-16(22)20-17-14(13)10-19-21(17)11-5-1-2-6-11/h3-4,7-8,10-11,13H,1-2,5-6,9H2,(H,20,22)/t13-/m1/s1. The minimum absolute atomic E-state index is 0.00685. The minimum atomic E-state index is -0.00685. The van der Waals surface area contributed by atoms with Crippen LogP contribution in [0.5, 0.6) is 0 Å². The van der Waals surface area contributed by atoms with Crippen molar-refractivity contribution >= 4 is 23.3 Å². The monoisotopic (exact) mass is 315 g/mol. The van der Waals surface area contributed by atoms with Crippen molar-refractivity contribution in [2.75, 3.05) is 5.32 Å². The van der Waals surface area contributed by atoms with Gasteiger partial charge in [-0.15, -0.1) is 0 Å². The van der Waals surface area contributed by atoms with E-state index in [0.29, 0.717) is 17.5 Å². The Kier molecular flexibility index (Phi) is 3.41. The van der Waals surface area contributed by atoms with E-state index in [1.54, 1.807) is 0 Å². The molecule has 0 bridgehead atoms. The summed E-state index contributed by atoms with van der Waals surface area (Å²) in [4.78, 5) is 12.2. The van der Waals surface area contributed by atoms with Crippen molar-refractivity contribution in [1.82, 2.24) is 9.78 Å². The number of fused-ring (bicyclic) bond motifs is 1. The van der Waals surface area contributed by atoms with Crippen molar-refractivity contribution in [2.24, 2.45) is 0 Å². The fraction of sp³-hybridized carbons (Fsp3) is 0.412. The van der Waals surface area contributed by atoms with E-state index in [4.69, 9.17) is 11.6 Å². The summed E-state index contributed by atoms with van der Waals surface area (Å²) in [6.45, 7) is 0. The van der Waals surface area contributed by atoms with Crippen LogP contribution in [-0.2, 0) is 4.79 Å². The van der Waals surface area contributed by atoms with Crippen molar-refractivity contribution in [3.8, 4) is 0 Å². The highest BCUT2D eigenvalue weighted by Gasteiger charge is 2.33. The van der Waals surface area contributed by atoms with Crippen LogP contribution in [0, 0.1) is 0 Å². The fourth-order valence-corrected chi connectivity index (χ4v) is 3.97. The Hall–Kier alpha value is -1.81. The molecule has 1 N–H and O–H groups in total. The summed E-state index contributed by atoms with van der Waals surface area (Å²) in [7, 11) is 0. The Labute approximate surface area is 134 Å². The van der Waals surface area contributed by atoms with Gasteiger partial charge >= 0.3 is 0 Å². The van der Waals surface area contributed by atoms with Crippen LogP contribution in [-0.4, -0.2) is 15.7 Å². The van der Waals surface area contributed by atoms with Crippen LogP contribution in [0.2, 0.25) is 5.02 Å². The van der Waals surface area contributed by atoms with Crippen LogP contribution in [0.15, 0.2) is 30.5 Å². The third-order valence-corrected chi connectivity index (χ3v) is 5.14. The van der Waals surface area contributed by atoms with E-state index in [1.807, 2.05) is 35.1 Å². The van der Waals surface area contributed by atoms with Crippen molar-refractivity contribution in [2.45, 2.75) is 44.1 Å². The highest BCUT2D eigenvalue weighted by atomic mass is 35.5. The largest absolute Gasteiger partial charge is 0.311 e. The number of carbonyl (C=O) groups is 1. The zero-order valence-corrected chi connectivity index (χ0v) is 13.0. The first-order valence-electron chi connectivity index (χ1n) is 7.85. The summed E-state index contributed by atoms with van der Waals surface area (Å²) >= 11 is 6.35. The lowest BCUT2D eigenvalue weighted by Crippen LogP contribution is -2.25. The highest BCUT2D eigenvalue weighted by molar-refractivity contribution is 6.31. The van der Waals surface area contributed by atoms with E-state index in [1.165, 1.54) is 12.8 Å². The second-order valence-electron chi connectivity index (χ2n) is 6.16. The molecule has 1 aliphatic heterocycles. The van der Waals surface area contributed by atoms with Gasteiger partial charge in [0.05, 0.1) is 12.2 Å². The van der Waals surface area contributed by atoms with Gasteiger partial charge in [-0.2, -0.15) is 5.10 Å². The number of nitrogens with zero attached hydrogens (tertiary/aromatic N) is 2. The van der Waals surface area contributed by atoms with Gasteiger partial charge in [0.2, 0.25) is 5.91 Å². The van der Waals surface area contributed by atoms with Gasteiger partial charge < -0.3 is 5.32 Å². The molecule has 2 aliphatic rings. The summed E-state index contributed by atoms with van der Waals surface area (Å²) < 4.78 is 2.02. The first-order valence-corrected chi connectivity index (χ1v) is 8.23. The summed E-state index contributed by atoms with van der Waals surface area (Å²) in [5.74, 6) is 0.901. The summed E-state index contributed by atoms with van der Waals surface area (Å²) in [6, 6.07) is 8.17. The van der Waals surface area contributed by atoms with E-state index >= 15 is 0 Å². The molecule has 0 saturated heterocycles. The quantitative estimate of drug-likeness (QED) is 0.906. The number of amides is 1. The van der Waals surface area contributed by atoms with E-state index in [9.17, 15) is 4.79 Å². The molecule has 1 aliphatic carbocycles. The molecule has 22 heavy (non-hydrogen) atoms. The van der Waals surface area contributed by atoms with Crippen LogP contribution in [0.25, 0.3) is 0 Å². The van der Waals surface area contributed by atoms with Crippen LogP contribution in [0.4, 0.5) is 5.82 Å². The second kappa shape index (κ2) is 5.43. The SMILES string of the molecule is O=C1C[C@H](c2ccccc2Cl)c2cnn(C3CCCC3)c2N1. The molecule has 0 spiro atoms. The molecule has 1 amide bonds. The number of hydrogen-bond acceptors (Lipinski definition) is 2. The smallest absolute Gasteiger partial charge is 0.226 e. The molecule has 1 fully saturated rings. The number of aromatic nitrogens is 2. The van der Waals surface area contributed by atoms with E-state index in [2.05, 4.69) is 10.4 Å². The van der Waals surface area contributed by atoms with Gasteiger partial charge in [-0.05, 0) is 24.5 Å². The maximum Gasteiger partial charge on any atom is 0.226 e. The van der Waals surface area contributed by atoms with Gasteiger partial charge in [0.1, 0.15) is 5.82 Å². The van der Waals surface area contributed by atoms with Gasteiger partial charge in [0, 0.05) is 22.9 Å². The predicted octanol–water partition coefficient (Wildman–Crippen LogP) is 4.13. The lowest BCUT2D eigenvalue weighted by atomic mass is 9.87. The molecular formula is C17H18ClN3O. The third-order valence-electron chi connectivity index (χ3n) is 4.80. The molecular weight excluding hydrogens is 298 g/mol. The minimum Gasteiger partial charge on any atom is -0.311 e. The van der Waals surface area contributed by atoms with E-state index in [-0.39, 0.29) is 11.8 Å². The topological polar surface area (TPSA) is 46.9 Å². The normalized spacial score (nSPS) is 21.7. The highest BCUT2D eigenvalue weighted by Crippen LogP contribution is 2.42. The van der Waals surface area contributed by atoms with Crippen LogP contribution >= 0.6 is 11.6 Å². The predicted molar refractivity (Wildman–Crippen MR) is 86.3 cm³/mol. The molecule has 1 atom stereocenters. The Morgan fingerprint density at radius 1 is 1.18 bits per heavy atom. The number of benzene rings is 1. The number of halogens is 1. The first kappa shape index (κ1) is 13.8. The Morgan fingerprint density at radius 3 is 2.73 bits per heavy atom. The molecule has 5 heteroatoms. The number of nitrogens with one attached hydrogen (secondary N) is 1. The van der Waals surface area contributed by atoms with Gasteiger partial charge in [-0.25, -0.2) is 4.68 Å². The summed E-state index contributed by atoms with van der Waals surface area (Å²) in [5, 5.41) is 8.31. The Balaban J connectivity index is 1.78. The zero-order valence-electron chi connectivity index (χ0n) is 12.3. The van der Waals surface area contributed by atoms with Crippen molar-refractivity contribution in [3.63, 3.8) is 0 Å². The number of rotatable bonds is 2.